The van der Waals surface area contributed by atoms with Gasteiger partial charge in [0.25, 0.3) is 0 Å². The number of nitrogens with zero attached hydrogens (tertiary/aromatic N) is 1. The second-order valence-corrected chi connectivity index (χ2v) is 9.32. The summed E-state index contributed by atoms with van der Waals surface area (Å²) in [6, 6.07) is 0. The Morgan fingerprint density at radius 2 is 1.00 bits per heavy atom. The molecule has 6 heteroatoms. The molecule has 0 heterocycles. The van der Waals surface area contributed by atoms with Gasteiger partial charge in [-0.25, -0.2) is 4.57 Å². The normalized spacial score (nSPS) is 11.5. The first-order valence-electron chi connectivity index (χ1n) is 11.7. The molecule has 0 aliphatic heterocycles. The van der Waals surface area contributed by atoms with E-state index in [2.05, 4.69) is 37.4 Å². The number of hydrogen-bond donors (Lipinski definition) is 2. The molecular formula is C22H50NO4P. The van der Waals surface area contributed by atoms with Crippen molar-refractivity contribution in [3.8, 4) is 0 Å². The summed E-state index contributed by atoms with van der Waals surface area (Å²) in [6.07, 6.45) is 20.8. The van der Waals surface area contributed by atoms with Crippen LogP contribution < -0.4 is 0 Å². The van der Waals surface area contributed by atoms with Crippen LogP contribution >= 0.6 is 7.82 Å². The van der Waals surface area contributed by atoms with Gasteiger partial charge in [-0.15, -0.1) is 0 Å². The molecule has 0 fully saturated rings. The van der Waals surface area contributed by atoms with Crippen LogP contribution in [0.2, 0.25) is 0 Å². The highest BCUT2D eigenvalue weighted by molar-refractivity contribution is 7.46. The first-order chi connectivity index (χ1) is 13.3. The van der Waals surface area contributed by atoms with Crippen LogP contribution in [-0.4, -0.2) is 41.9 Å². The maximum atomic E-state index is 10.2. The minimum atomic E-state index is -4.23. The van der Waals surface area contributed by atoms with Gasteiger partial charge in [0.05, 0.1) is 6.61 Å². The fourth-order valence-corrected chi connectivity index (χ4v) is 3.35. The standard InChI is InChI=1S/C14H31N.C8H19O4P/c1-4-5-6-7-8-9-10-11-12-13-14-15(2)3;1-2-3-4-5-6-7-8-12-13(9,10)11/h4-14H2,1-3H3;2-8H2,1H3,(H2,9,10,11). The zero-order chi connectivity index (χ0) is 21.5. The molecule has 0 saturated heterocycles. The van der Waals surface area contributed by atoms with Crippen molar-refractivity contribution in [2.75, 3.05) is 27.2 Å². The molecule has 0 atom stereocenters. The molecule has 172 valence electrons. The topological polar surface area (TPSA) is 70.0 Å². The quantitative estimate of drug-likeness (QED) is 0.174. The summed E-state index contributed by atoms with van der Waals surface area (Å²) in [5.41, 5.74) is 0. The molecule has 0 radical (unpaired) electrons. The Morgan fingerprint density at radius 3 is 1.36 bits per heavy atom. The Balaban J connectivity index is 0. The van der Waals surface area contributed by atoms with E-state index in [9.17, 15) is 4.57 Å². The number of phosphoric acid groups is 1. The van der Waals surface area contributed by atoms with Crippen molar-refractivity contribution in [3.05, 3.63) is 0 Å². The summed E-state index contributed by atoms with van der Waals surface area (Å²) in [7, 11) is 0.0938. The van der Waals surface area contributed by atoms with Crippen LogP contribution in [0.3, 0.4) is 0 Å². The van der Waals surface area contributed by atoms with E-state index in [1.807, 2.05) is 0 Å². The van der Waals surface area contributed by atoms with E-state index >= 15 is 0 Å². The summed E-state index contributed by atoms with van der Waals surface area (Å²) in [6.45, 7) is 5.86. The molecule has 0 spiro atoms. The molecule has 0 aliphatic rings. The van der Waals surface area contributed by atoms with Crippen LogP contribution in [0.15, 0.2) is 0 Å². The second kappa shape index (κ2) is 23.3. The van der Waals surface area contributed by atoms with Crippen molar-refractivity contribution in [2.45, 2.75) is 117 Å². The third-order valence-electron chi connectivity index (χ3n) is 4.72. The number of phosphoric ester groups is 1. The van der Waals surface area contributed by atoms with E-state index in [0.29, 0.717) is 0 Å². The molecular weight excluding hydrogens is 373 g/mol. The first-order valence-corrected chi connectivity index (χ1v) is 13.2. The van der Waals surface area contributed by atoms with Gasteiger partial charge < -0.3 is 14.7 Å². The number of rotatable bonds is 19. The van der Waals surface area contributed by atoms with Crippen molar-refractivity contribution >= 4 is 7.82 Å². The third-order valence-corrected chi connectivity index (χ3v) is 5.24. The molecule has 0 aliphatic carbocycles. The SMILES string of the molecule is CCCCCCCCCCCCN(C)C.CCCCCCCCOP(=O)(O)O. The molecule has 2 N–H and O–H groups in total. The smallest absolute Gasteiger partial charge is 0.309 e. The van der Waals surface area contributed by atoms with Crippen molar-refractivity contribution in [3.63, 3.8) is 0 Å². The Hall–Kier alpha value is 0.0700. The van der Waals surface area contributed by atoms with E-state index in [1.54, 1.807) is 0 Å². The summed E-state index contributed by atoms with van der Waals surface area (Å²) < 4.78 is 14.5. The van der Waals surface area contributed by atoms with Crippen molar-refractivity contribution in [1.29, 1.82) is 0 Å². The average Bonchev–Trinajstić information content (AvgIpc) is 2.62. The summed E-state index contributed by atoms with van der Waals surface area (Å²) in [4.78, 5) is 19.0. The van der Waals surface area contributed by atoms with Crippen LogP contribution in [0.25, 0.3) is 0 Å². The zero-order valence-electron chi connectivity index (χ0n) is 19.3. The minimum Gasteiger partial charge on any atom is -0.309 e. The predicted octanol–water partition coefficient (Wildman–Crippen LogP) is 6.93. The number of hydrogen-bond acceptors (Lipinski definition) is 3. The molecule has 0 amide bonds. The molecule has 0 aromatic rings. The average molecular weight is 424 g/mol. The van der Waals surface area contributed by atoms with E-state index in [4.69, 9.17) is 9.79 Å². The van der Waals surface area contributed by atoms with Gasteiger partial charge in [-0.2, -0.15) is 0 Å². The molecule has 0 aromatic heterocycles. The highest BCUT2D eigenvalue weighted by Crippen LogP contribution is 2.35. The first kappa shape index (κ1) is 30.3. The second-order valence-electron chi connectivity index (χ2n) is 8.08. The van der Waals surface area contributed by atoms with E-state index in [1.165, 1.54) is 90.0 Å². The Kier molecular flexibility index (Phi) is 25.2. The molecule has 0 saturated carbocycles. The molecule has 0 rings (SSSR count). The lowest BCUT2D eigenvalue weighted by Gasteiger charge is -2.08. The van der Waals surface area contributed by atoms with Gasteiger partial charge in [0.15, 0.2) is 0 Å². The highest BCUT2D eigenvalue weighted by Gasteiger charge is 2.12. The fourth-order valence-electron chi connectivity index (χ4n) is 2.98. The van der Waals surface area contributed by atoms with Gasteiger partial charge in [0, 0.05) is 0 Å². The summed E-state index contributed by atoms with van der Waals surface area (Å²) >= 11 is 0. The lowest BCUT2D eigenvalue weighted by Crippen LogP contribution is -2.12. The van der Waals surface area contributed by atoms with Gasteiger partial charge in [0.1, 0.15) is 0 Å². The van der Waals surface area contributed by atoms with Crippen LogP contribution in [0.5, 0.6) is 0 Å². The zero-order valence-corrected chi connectivity index (χ0v) is 20.2. The molecule has 0 aromatic carbocycles. The predicted molar refractivity (Wildman–Crippen MR) is 122 cm³/mol. The summed E-state index contributed by atoms with van der Waals surface area (Å²) in [5, 5.41) is 0. The van der Waals surface area contributed by atoms with Crippen molar-refractivity contribution < 1.29 is 18.9 Å². The monoisotopic (exact) mass is 423 g/mol. The van der Waals surface area contributed by atoms with Gasteiger partial charge in [-0.3, -0.25) is 4.52 Å². The van der Waals surface area contributed by atoms with Gasteiger partial charge >= 0.3 is 7.82 Å². The van der Waals surface area contributed by atoms with Gasteiger partial charge in [-0.1, -0.05) is 104 Å². The Morgan fingerprint density at radius 1 is 0.643 bits per heavy atom. The van der Waals surface area contributed by atoms with E-state index in [0.717, 1.165) is 19.3 Å². The van der Waals surface area contributed by atoms with Gasteiger partial charge in [0.2, 0.25) is 0 Å². The van der Waals surface area contributed by atoms with Gasteiger partial charge in [-0.05, 0) is 33.5 Å². The third kappa shape index (κ3) is 33.6. The van der Waals surface area contributed by atoms with Crippen molar-refractivity contribution in [2.24, 2.45) is 0 Å². The number of unbranched alkanes of at least 4 members (excludes halogenated alkanes) is 14. The largest absolute Gasteiger partial charge is 0.469 e. The molecule has 0 bridgehead atoms. The fraction of sp³-hybridized carbons (Fsp3) is 1.00. The highest BCUT2D eigenvalue weighted by atomic mass is 31.2. The van der Waals surface area contributed by atoms with E-state index in [-0.39, 0.29) is 6.61 Å². The van der Waals surface area contributed by atoms with E-state index < -0.39 is 7.82 Å². The Bertz CT molecular complexity index is 334. The summed E-state index contributed by atoms with van der Waals surface area (Å²) in [5.74, 6) is 0. The lowest BCUT2D eigenvalue weighted by molar-refractivity contribution is 0.193. The minimum absolute atomic E-state index is 0.163. The van der Waals surface area contributed by atoms with Crippen LogP contribution in [-0.2, 0) is 9.09 Å². The molecule has 28 heavy (non-hydrogen) atoms. The Labute approximate surface area is 175 Å². The molecule has 5 nitrogen and oxygen atoms in total. The maximum Gasteiger partial charge on any atom is 0.469 e. The van der Waals surface area contributed by atoms with Crippen LogP contribution in [0.1, 0.15) is 117 Å². The lowest BCUT2D eigenvalue weighted by atomic mass is 10.1. The van der Waals surface area contributed by atoms with Crippen LogP contribution in [0, 0.1) is 0 Å². The molecule has 0 unspecified atom stereocenters. The maximum absolute atomic E-state index is 10.2. The van der Waals surface area contributed by atoms with Crippen LogP contribution in [0.4, 0.5) is 0 Å². The van der Waals surface area contributed by atoms with Crippen molar-refractivity contribution in [1.82, 2.24) is 4.90 Å².